The fourth-order valence-corrected chi connectivity index (χ4v) is 4.17. The number of aromatic nitrogens is 2. The Kier molecular flexibility index (Phi) is 3.46. The predicted molar refractivity (Wildman–Crippen MR) is 84.0 cm³/mol. The van der Waals surface area contributed by atoms with Crippen LogP contribution >= 0.6 is 11.8 Å². The van der Waals surface area contributed by atoms with Crippen LogP contribution in [0.3, 0.4) is 0 Å². The first kappa shape index (κ1) is 14.1. The molecule has 0 saturated heterocycles. The first-order chi connectivity index (χ1) is 10.1. The predicted octanol–water partition coefficient (Wildman–Crippen LogP) is 2.56. The standard InChI is InChI=1S/C14H13N3O2S2/c1-3-8-17-11-7-5-4-6-10(11)13-12(21(17,18)19)9-15-14(16-13)20-2/h3-7,9H,1,8H2,2H3. The summed E-state index contributed by atoms with van der Waals surface area (Å²) in [7, 11) is -3.66. The third kappa shape index (κ3) is 2.13. The van der Waals surface area contributed by atoms with Gasteiger partial charge in [-0.1, -0.05) is 36.0 Å². The number of anilines is 1. The van der Waals surface area contributed by atoms with Crippen molar-refractivity contribution in [1.82, 2.24) is 9.97 Å². The Morgan fingerprint density at radius 2 is 2.14 bits per heavy atom. The topological polar surface area (TPSA) is 63.2 Å². The van der Waals surface area contributed by atoms with Crippen molar-refractivity contribution in [3.63, 3.8) is 0 Å². The van der Waals surface area contributed by atoms with Crippen LogP contribution < -0.4 is 4.31 Å². The van der Waals surface area contributed by atoms with Gasteiger partial charge in [0.05, 0.1) is 24.1 Å². The van der Waals surface area contributed by atoms with E-state index in [2.05, 4.69) is 16.5 Å². The number of rotatable bonds is 3. The van der Waals surface area contributed by atoms with Crippen LogP contribution in [0.1, 0.15) is 0 Å². The fourth-order valence-electron chi connectivity index (χ4n) is 2.29. The summed E-state index contributed by atoms with van der Waals surface area (Å²) in [6.45, 7) is 3.85. The Morgan fingerprint density at radius 1 is 1.38 bits per heavy atom. The van der Waals surface area contributed by atoms with Gasteiger partial charge in [-0.2, -0.15) is 0 Å². The second-order valence-electron chi connectivity index (χ2n) is 4.41. The molecule has 1 aromatic heterocycles. The van der Waals surface area contributed by atoms with Gasteiger partial charge in [0.15, 0.2) is 5.16 Å². The van der Waals surface area contributed by atoms with Gasteiger partial charge in [-0.25, -0.2) is 18.4 Å². The number of thioether (sulfide) groups is 1. The van der Waals surface area contributed by atoms with Crippen molar-refractivity contribution in [3.8, 4) is 11.3 Å². The zero-order chi connectivity index (χ0) is 15.0. The maximum absolute atomic E-state index is 12.7. The van der Waals surface area contributed by atoms with Crippen molar-refractivity contribution < 1.29 is 8.42 Å². The normalized spacial score (nSPS) is 15.2. The Labute approximate surface area is 127 Å². The molecule has 7 heteroatoms. The minimum Gasteiger partial charge on any atom is -0.262 e. The summed E-state index contributed by atoms with van der Waals surface area (Å²) in [6, 6.07) is 7.33. The Bertz CT molecular complexity index is 819. The van der Waals surface area contributed by atoms with E-state index in [-0.39, 0.29) is 11.4 Å². The Hall–Kier alpha value is -1.86. The average Bonchev–Trinajstić information content (AvgIpc) is 2.51. The Morgan fingerprint density at radius 3 is 2.86 bits per heavy atom. The minimum absolute atomic E-state index is 0.140. The first-order valence-corrected chi connectivity index (χ1v) is 8.90. The molecule has 2 aromatic rings. The van der Waals surface area contributed by atoms with Crippen LogP contribution in [0, 0.1) is 0 Å². The number of para-hydroxylation sites is 1. The second kappa shape index (κ2) is 5.16. The highest BCUT2D eigenvalue weighted by Crippen LogP contribution is 2.41. The van der Waals surface area contributed by atoms with E-state index in [0.717, 1.165) is 5.56 Å². The molecular weight excluding hydrogens is 306 g/mol. The van der Waals surface area contributed by atoms with Crippen molar-refractivity contribution in [2.24, 2.45) is 0 Å². The number of hydrogen-bond acceptors (Lipinski definition) is 5. The Balaban J connectivity index is 2.35. The van der Waals surface area contributed by atoms with Crippen LogP contribution in [0.2, 0.25) is 0 Å². The summed E-state index contributed by atoms with van der Waals surface area (Å²) in [5.41, 5.74) is 1.88. The minimum atomic E-state index is -3.66. The maximum Gasteiger partial charge on any atom is 0.268 e. The molecule has 0 atom stereocenters. The van der Waals surface area contributed by atoms with E-state index in [0.29, 0.717) is 16.5 Å². The van der Waals surface area contributed by atoms with Crippen molar-refractivity contribution in [3.05, 3.63) is 43.1 Å². The number of nitrogens with zero attached hydrogens (tertiary/aromatic N) is 3. The summed E-state index contributed by atoms with van der Waals surface area (Å²) >= 11 is 1.38. The van der Waals surface area contributed by atoms with E-state index in [4.69, 9.17) is 0 Å². The zero-order valence-electron chi connectivity index (χ0n) is 11.4. The van der Waals surface area contributed by atoms with Crippen LogP contribution in [0.15, 0.2) is 53.2 Å². The van der Waals surface area contributed by atoms with Gasteiger partial charge >= 0.3 is 0 Å². The van der Waals surface area contributed by atoms with Gasteiger partial charge in [-0.3, -0.25) is 4.31 Å². The lowest BCUT2D eigenvalue weighted by atomic mass is 10.1. The molecule has 5 nitrogen and oxygen atoms in total. The van der Waals surface area contributed by atoms with Crippen LogP contribution in [-0.2, 0) is 10.0 Å². The molecule has 1 aromatic carbocycles. The number of sulfonamides is 1. The quantitative estimate of drug-likeness (QED) is 0.494. The summed E-state index contributed by atoms with van der Waals surface area (Å²) in [6.07, 6.45) is 4.81. The molecule has 0 amide bonds. The van der Waals surface area contributed by atoms with Crippen molar-refractivity contribution in [2.45, 2.75) is 10.1 Å². The molecule has 108 valence electrons. The third-order valence-electron chi connectivity index (χ3n) is 3.21. The lowest BCUT2D eigenvalue weighted by Gasteiger charge is -2.30. The van der Waals surface area contributed by atoms with E-state index in [1.165, 1.54) is 22.3 Å². The number of fused-ring (bicyclic) bond motifs is 3. The number of benzene rings is 1. The van der Waals surface area contributed by atoms with E-state index in [1.54, 1.807) is 12.1 Å². The molecule has 1 aliphatic heterocycles. The molecule has 0 radical (unpaired) electrons. The molecule has 0 spiro atoms. The van der Waals surface area contributed by atoms with E-state index >= 15 is 0 Å². The fraction of sp³-hybridized carbons (Fsp3) is 0.143. The van der Waals surface area contributed by atoms with Crippen LogP contribution in [-0.4, -0.2) is 31.2 Å². The van der Waals surface area contributed by atoms with Gasteiger partial charge in [0.2, 0.25) is 0 Å². The molecule has 0 aliphatic carbocycles. The first-order valence-electron chi connectivity index (χ1n) is 6.23. The molecule has 3 rings (SSSR count). The monoisotopic (exact) mass is 319 g/mol. The lowest BCUT2D eigenvalue weighted by Crippen LogP contribution is -2.34. The van der Waals surface area contributed by atoms with Gasteiger partial charge in [-0.05, 0) is 12.3 Å². The molecule has 0 bridgehead atoms. The molecule has 0 unspecified atom stereocenters. The van der Waals surface area contributed by atoms with Crippen LogP contribution in [0.5, 0.6) is 0 Å². The van der Waals surface area contributed by atoms with Crippen molar-refractivity contribution in [1.29, 1.82) is 0 Å². The van der Waals surface area contributed by atoms with Gasteiger partial charge in [0, 0.05) is 5.56 Å². The summed E-state index contributed by atoms with van der Waals surface area (Å²) in [4.78, 5) is 8.62. The molecule has 2 heterocycles. The van der Waals surface area contributed by atoms with Gasteiger partial charge in [0.1, 0.15) is 4.90 Å². The molecule has 0 saturated carbocycles. The van der Waals surface area contributed by atoms with E-state index in [1.807, 2.05) is 24.5 Å². The van der Waals surface area contributed by atoms with Gasteiger partial charge in [-0.15, -0.1) is 6.58 Å². The van der Waals surface area contributed by atoms with Crippen molar-refractivity contribution >= 4 is 27.5 Å². The summed E-state index contributed by atoms with van der Waals surface area (Å²) in [5, 5.41) is 0.552. The largest absolute Gasteiger partial charge is 0.268 e. The van der Waals surface area contributed by atoms with Crippen molar-refractivity contribution in [2.75, 3.05) is 17.1 Å². The van der Waals surface area contributed by atoms with Crippen LogP contribution in [0.25, 0.3) is 11.3 Å². The zero-order valence-corrected chi connectivity index (χ0v) is 13.0. The highest BCUT2D eigenvalue weighted by molar-refractivity contribution is 7.98. The third-order valence-corrected chi connectivity index (χ3v) is 5.55. The summed E-state index contributed by atoms with van der Waals surface area (Å²) < 4.78 is 26.8. The average molecular weight is 319 g/mol. The molecular formula is C14H13N3O2S2. The molecule has 1 aliphatic rings. The van der Waals surface area contributed by atoms with E-state index < -0.39 is 10.0 Å². The highest BCUT2D eigenvalue weighted by atomic mass is 32.2. The smallest absolute Gasteiger partial charge is 0.262 e. The summed E-state index contributed by atoms with van der Waals surface area (Å²) in [5.74, 6) is 0. The van der Waals surface area contributed by atoms with Gasteiger partial charge in [0.25, 0.3) is 10.0 Å². The van der Waals surface area contributed by atoms with E-state index in [9.17, 15) is 8.42 Å². The highest BCUT2D eigenvalue weighted by Gasteiger charge is 2.35. The SMILES string of the molecule is C=CCN1c2ccccc2-c2nc(SC)ncc2S1(=O)=O. The molecule has 0 N–H and O–H groups in total. The lowest BCUT2D eigenvalue weighted by molar-refractivity contribution is 0.590. The molecule has 21 heavy (non-hydrogen) atoms. The molecule has 0 fully saturated rings. The van der Waals surface area contributed by atoms with Crippen LogP contribution in [0.4, 0.5) is 5.69 Å². The number of hydrogen-bond donors (Lipinski definition) is 0. The van der Waals surface area contributed by atoms with Gasteiger partial charge < -0.3 is 0 Å². The second-order valence-corrected chi connectivity index (χ2v) is 7.02. The maximum atomic E-state index is 12.7.